The minimum Gasteiger partial charge on any atom is -0.507 e. The summed E-state index contributed by atoms with van der Waals surface area (Å²) < 4.78 is 0. The Balaban J connectivity index is 1.34. The zero-order valence-corrected chi connectivity index (χ0v) is 18.6. The van der Waals surface area contributed by atoms with Crippen LogP contribution in [0.3, 0.4) is 0 Å². The second kappa shape index (κ2) is 9.84. The first-order valence-electron chi connectivity index (χ1n) is 11.3. The van der Waals surface area contributed by atoms with Crippen molar-refractivity contribution in [1.82, 2.24) is 5.01 Å². The molecule has 0 aliphatic carbocycles. The summed E-state index contributed by atoms with van der Waals surface area (Å²) in [6.45, 7) is 11.1. The average Bonchev–Trinajstić information content (AvgIpc) is 2.80. The van der Waals surface area contributed by atoms with Crippen LogP contribution < -0.4 is 9.80 Å². The number of hydrogen-bond acceptors (Lipinski definition) is 4. The van der Waals surface area contributed by atoms with Crippen LogP contribution in [-0.4, -0.2) is 55.6 Å². The Morgan fingerprint density at radius 3 is 2.48 bits per heavy atom. The van der Waals surface area contributed by atoms with Crippen molar-refractivity contribution in [3.8, 4) is 5.75 Å². The molecule has 1 fully saturated rings. The number of phenols is 1. The summed E-state index contributed by atoms with van der Waals surface area (Å²) in [5.41, 5.74) is 3.23. The molecule has 0 bridgehead atoms. The molecule has 0 atom stereocenters. The number of hydrogen-bond donors (Lipinski definition) is 2. The van der Waals surface area contributed by atoms with Crippen LogP contribution in [0.5, 0.6) is 5.75 Å². The lowest BCUT2D eigenvalue weighted by Crippen LogP contribution is -3.13. The lowest BCUT2D eigenvalue weighted by molar-refractivity contribution is -0.918. The molecule has 0 unspecified atom stereocenters. The largest absolute Gasteiger partial charge is 0.507 e. The van der Waals surface area contributed by atoms with Crippen LogP contribution in [0, 0.1) is 0 Å². The minimum absolute atomic E-state index is 0.286. The zero-order valence-electron chi connectivity index (χ0n) is 18.6. The van der Waals surface area contributed by atoms with Gasteiger partial charge in [0.15, 0.2) is 0 Å². The highest BCUT2D eigenvalue weighted by Crippen LogP contribution is 2.23. The Bertz CT molecular complexity index is 1030. The van der Waals surface area contributed by atoms with E-state index in [9.17, 15) is 5.11 Å². The molecule has 2 N–H and O–H groups in total. The van der Waals surface area contributed by atoms with Gasteiger partial charge in [-0.2, -0.15) is 5.10 Å². The van der Waals surface area contributed by atoms with Crippen molar-refractivity contribution in [2.45, 2.75) is 20.4 Å². The first-order valence-corrected chi connectivity index (χ1v) is 11.3. The highest BCUT2D eigenvalue weighted by molar-refractivity contribution is 5.85. The highest BCUT2D eigenvalue weighted by Gasteiger charge is 2.19. The maximum atomic E-state index is 10.4. The van der Waals surface area contributed by atoms with E-state index < -0.39 is 0 Å². The Labute approximate surface area is 185 Å². The van der Waals surface area contributed by atoms with Gasteiger partial charge in [-0.3, -0.25) is 5.01 Å². The number of piperazine rings is 1. The lowest BCUT2D eigenvalue weighted by Gasteiger charge is -2.30. The molecule has 1 heterocycles. The van der Waals surface area contributed by atoms with Crippen molar-refractivity contribution >= 4 is 22.7 Å². The summed E-state index contributed by atoms with van der Waals surface area (Å²) in [6.07, 6.45) is 1.79. The van der Waals surface area contributed by atoms with E-state index in [1.807, 2.05) is 12.1 Å². The monoisotopic (exact) mass is 417 g/mol. The summed E-state index contributed by atoms with van der Waals surface area (Å²) in [5.74, 6) is 0.286. The van der Waals surface area contributed by atoms with Crippen LogP contribution in [0.4, 0.5) is 5.69 Å². The zero-order chi connectivity index (χ0) is 21.6. The quantitative estimate of drug-likeness (QED) is 0.581. The van der Waals surface area contributed by atoms with E-state index in [1.165, 1.54) is 16.3 Å². The summed E-state index contributed by atoms with van der Waals surface area (Å²) >= 11 is 0. The van der Waals surface area contributed by atoms with E-state index in [0.717, 1.165) is 57.1 Å². The molecule has 0 radical (unpaired) electrons. The van der Waals surface area contributed by atoms with Gasteiger partial charge in [0.1, 0.15) is 12.3 Å². The third kappa shape index (κ3) is 5.00. The molecule has 162 valence electrons. The Morgan fingerprint density at radius 1 is 1.00 bits per heavy atom. The summed E-state index contributed by atoms with van der Waals surface area (Å²) in [4.78, 5) is 3.81. The van der Waals surface area contributed by atoms with Gasteiger partial charge in [0.2, 0.25) is 0 Å². The minimum atomic E-state index is 0.286. The highest BCUT2D eigenvalue weighted by atomic mass is 16.3. The first-order chi connectivity index (χ1) is 15.2. The number of nitrogens with one attached hydrogen (secondary N) is 1. The van der Waals surface area contributed by atoms with Crippen molar-refractivity contribution in [3.63, 3.8) is 0 Å². The lowest BCUT2D eigenvalue weighted by atomic mass is 10.0. The fourth-order valence-corrected chi connectivity index (χ4v) is 4.39. The number of anilines is 1. The van der Waals surface area contributed by atoms with Crippen LogP contribution in [0.1, 0.15) is 25.0 Å². The van der Waals surface area contributed by atoms with Crippen molar-refractivity contribution in [3.05, 3.63) is 71.8 Å². The average molecular weight is 418 g/mol. The van der Waals surface area contributed by atoms with Crippen molar-refractivity contribution in [2.24, 2.45) is 5.10 Å². The molecular formula is C26H33N4O+. The molecular weight excluding hydrogens is 384 g/mol. The molecule has 4 rings (SSSR count). The molecule has 0 amide bonds. The first kappa shape index (κ1) is 21.2. The van der Waals surface area contributed by atoms with Gasteiger partial charge in [0.25, 0.3) is 0 Å². The maximum absolute atomic E-state index is 10.4. The van der Waals surface area contributed by atoms with Gasteiger partial charge in [0, 0.05) is 36.0 Å². The van der Waals surface area contributed by atoms with Crippen LogP contribution in [0.25, 0.3) is 10.8 Å². The molecule has 5 heteroatoms. The Morgan fingerprint density at radius 2 is 1.74 bits per heavy atom. The van der Waals surface area contributed by atoms with Crippen molar-refractivity contribution in [1.29, 1.82) is 0 Å². The molecule has 0 aromatic heterocycles. The molecule has 31 heavy (non-hydrogen) atoms. The maximum Gasteiger partial charge on any atom is 0.126 e. The van der Waals surface area contributed by atoms with Gasteiger partial charge < -0.3 is 14.9 Å². The fraction of sp³-hybridized carbons (Fsp3) is 0.346. The normalized spacial score (nSPS) is 15.1. The molecule has 1 aliphatic heterocycles. The van der Waals surface area contributed by atoms with Crippen LogP contribution in [0.15, 0.2) is 65.8 Å². The number of benzene rings is 3. The number of hydrazone groups is 1. The smallest absolute Gasteiger partial charge is 0.126 e. The molecule has 5 nitrogen and oxygen atoms in total. The van der Waals surface area contributed by atoms with E-state index in [0.29, 0.717) is 0 Å². The SMILES string of the molecule is CCN(CC)c1ccc(/C=N/N2CC[NH+](Cc3cccc4ccccc34)CC2)c(O)c1. The van der Waals surface area contributed by atoms with Gasteiger partial charge >= 0.3 is 0 Å². The number of rotatable bonds is 7. The van der Waals surface area contributed by atoms with Gasteiger partial charge in [-0.05, 0) is 36.8 Å². The fourth-order valence-electron chi connectivity index (χ4n) is 4.39. The van der Waals surface area contributed by atoms with Gasteiger partial charge in [-0.15, -0.1) is 0 Å². The van der Waals surface area contributed by atoms with Gasteiger partial charge in [-0.1, -0.05) is 42.5 Å². The third-order valence-electron chi connectivity index (χ3n) is 6.27. The molecule has 3 aromatic rings. The third-order valence-corrected chi connectivity index (χ3v) is 6.27. The number of phenolic OH excluding ortho intramolecular Hbond substituents is 1. The van der Waals surface area contributed by atoms with Crippen molar-refractivity contribution in [2.75, 3.05) is 44.2 Å². The van der Waals surface area contributed by atoms with Crippen LogP contribution in [-0.2, 0) is 6.54 Å². The van der Waals surface area contributed by atoms with E-state index in [2.05, 4.69) is 77.4 Å². The molecule has 1 aliphatic rings. The second-order valence-corrected chi connectivity index (χ2v) is 8.18. The number of aromatic hydroxyl groups is 1. The standard InChI is InChI=1S/C26H32N4O/c1-3-29(4-2)24-13-12-22(26(31)18-24)19-27-30-16-14-28(15-17-30)20-23-10-7-9-21-8-5-6-11-25(21)23/h5-13,18-19,31H,3-4,14-17,20H2,1-2H3/p+1/b27-19+. The van der Waals surface area contributed by atoms with E-state index in [4.69, 9.17) is 0 Å². The van der Waals surface area contributed by atoms with Crippen LogP contribution >= 0.6 is 0 Å². The number of fused-ring (bicyclic) bond motifs is 1. The summed E-state index contributed by atoms with van der Waals surface area (Å²) in [7, 11) is 0. The van der Waals surface area contributed by atoms with E-state index in [1.54, 1.807) is 11.1 Å². The summed E-state index contributed by atoms with van der Waals surface area (Å²) in [6, 6.07) is 21.1. The van der Waals surface area contributed by atoms with Gasteiger partial charge in [-0.25, -0.2) is 0 Å². The summed E-state index contributed by atoms with van der Waals surface area (Å²) in [5, 5.41) is 19.8. The predicted octanol–water partition coefficient (Wildman–Crippen LogP) is 3.13. The molecule has 0 spiro atoms. The van der Waals surface area contributed by atoms with Crippen LogP contribution in [0.2, 0.25) is 0 Å². The van der Waals surface area contributed by atoms with Crippen molar-refractivity contribution < 1.29 is 10.0 Å². The molecule has 3 aromatic carbocycles. The number of quaternary nitrogens is 1. The number of nitrogens with zero attached hydrogens (tertiary/aromatic N) is 3. The van der Waals surface area contributed by atoms with Gasteiger partial charge in [0.05, 0.1) is 32.4 Å². The second-order valence-electron chi connectivity index (χ2n) is 8.18. The van der Waals surface area contributed by atoms with E-state index in [-0.39, 0.29) is 5.75 Å². The Kier molecular flexibility index (Phi) is 6.73. The van der Waals surface area contributed by atoms with E-state index >= 15 is 0 Å². The molecule has 1 saturated heterocycles. The predicted molar refractivity (Wildman–Crippen MR) is 129 cm³/mol. The molecule has 0 saturated carbocycles. The topological polar surface area (TPSA) is 43.5 Å². The Hall–Kier alpha value is -3.05.